The van der Waals surface area contributed by atoms with Crippen molar-refractivity contribution in [2.75, 3.05) is 5.32 Å². The number of rotatable bonds is 3. The number of nitrogens with one attached hydrogen (secondary N) is 2. The second-order valence-electron chi connectivity index (χ2n) is 4.21. The molecule has 0 saturated heterocycles. The van der Waals surface area contributed by atoms with Crippen LogP contribution >= 0.6 is 0 Å². The molecule has 20 heavy (non-hydrogen) atoms. The third-order valence-electron chi connectivity index (χ3n) is 2.89. The molecule has 0 spiro atoms. The highest BCUT2D eigenvalue weighted by molar-refractivity contribution is 5.81. The van der Waals surface area contributed by atoms with Crippen LogP contribution in [0.2, 0.25) is 0 Å². The molecule has 6 nitrogen and oxygen atoms in total. The quantitative estimate of drug-likeness (QED) is 0.756. The van der Waals surface area contributed by atoms with Crippen molar-refractivity contribution in [3.8, 4) is 6.07 Å². The van der Waals surface area contributed by atoms with Gasteiger partial charge in [-0.05, 0) is 6.07 Å². The number of nitriles is 1. The van der Waals surface area contributed by atoms with Gasteiger partial charge >= 0.3 is 5.69 Å². The largest absolute Gasteiger partial charge is 0.464 e. The summed E-state index contributed by atoms with van der Waals surface area (Å²) in [5, 5.41) is 12.8. The van der Waals surface area contributed by atoms with Gasteiger partial charge in [-0.2, -0.15) is 10.2 Å². The van der Waals surface area contributed by atoms with Gasteiger partial charge in [-0.25, -0.2) is 4.79 Å². The zero-order valence-electron chi connectivity index (χ0n) is 10.4. The Hall–Kier alpha value is -3.07. The standard InChI is InChI=1S/C14H10N4O2/c15-6-10-5-13(18-14(19)17-10)16-7-9-8-20-12-4-2-1-3-11(9)12/h1-5,8H,7H2,(H2,16,17,18,19). The van der Waals surface area contributed by atoms with E-state index >= 15 is 0 Å². The topological polar surface area (TPSA) is 94.7 Å². The van der Waals surface area contributed by atoms with E-state index in [9.17, 15) is 4.79 Å². The van der Waals surface area contributed by atoms with Crippen LogP contribution in [-0.4, -0.2) is 9.97 Å². The maximum absolute atomic E-state index is 11.3. The Morgan fingerprint density at radius 2 is 2.25 bits per heavy atom. The number of H-pyrrole nitrogens is 1. The van der Waals surface area contributed by atoms with Crippen LogP contribution in [0.4, 0.5) is 5.82 Å². The first-order valence-corrected chi connectivity index (χ1v) is 5.97. The van der Waals surface area contributed by atoms with Gasteiger partial charge < -0.3 is 9.73 Å². The summed E-state index contributed by atoms with van der Waals surface area (Å²) in [6, 6.07) is 11.0. The van der Waals surface area contributed by atoms with Crippen molar-refractivity contribution < 1.29 is 4.42 Å². The summed E-state index contributed by atoms with van der Waals surface area (Å²) in [5.74, 6) is 0.357. The summed E-state index contributed by atoms with van der Waals surface area (Å²) in [5.41, 5.74) is 1.38. The Morgan fingerprint density at radius 1 is 1.40 bits per heavy atom. The smallest absolute Gasteiger partial charge is 0.347 e. The molecule has 0 aliphatic heterocycles. The predicted octanol–water partition coefficient (Wildman–Crippen LogP) is 2.00. The van der Waals surface area contributed by atoms with E-state index in [0.29, 0.717) is 12.4 Å². The molecule has 2 heterocycles. The minimum absolute atomic E-state index is 0.171. The number of anilines is 1. The van der Waals surface area contributed by atoms with E-state index in [0.717, 1.165) is 16.5 Å². The van der Waals surface area contributed by atoms with Gasteiger partial charge in [0.1, 0.15) is 23.2 Å². The van der Waals surface area contributed by atoms with E-state index in [4.69, 9.17) is 9.68 Å². The molecule has 0 aliphatic carbocycles. The lowest BCUT2D eigenvalue weighted by Crippen LogP contribution is -2.14. The Morgan fingerprint density at radius 3 is 3.10 bits per heavy atom. The minimum atomic E-state index is -0.552. The third-order valence-corrected chi connectivity index (χ3v) is 2.89. The molecular weight excluding hydrogens is 256 g/mol. The van der Waals surface area contributed by atoms with Crippen molar-refractivity contribution in [2.24, 2.45) is 0 Å². The fourth-order valence-electron chi connectivity index (χ4n) is 1.96. The van der Waals surface area contributed by atoms with Gasteiger partial charge in [-0.3, -0.25) is 4.98 Å². The van der Waals surface area contributed by atoms with Gasteiger partial charge in [-0.1, -0.05) is 18.2 Å². The Bertz CT molecular complexity index is 857. The van der Waals surface area contributed by atoms with E-state index in [2.05, 4.69) is 15.3 Å². The van der Waals surface area contributed by atoms with Crippen molar-refractivity contribution in [1.29, 1.82) is 5.26 Å². The lowest BCUT2D eigenvalue weighted by molar-refractivity contribution is 0.611. The lowest BCUT2D eigenvalue weighted by atomic mass is 10.2. The number of aromatic nitrogens is 2. The maximum Gasteiger partial charge on any atom is 0.347 e. The van der Waals surface area contributed by atoms with Gasteiger partial charge in [0.15, 0.2) is 0 Å². The fraction of sp³-hybridized carbons (Fsp3) is 0.0714. The van der Waals surface area contributed by atoms with Crippen molar-refractivity contribution in [3.63, 3.8) is 0 Å². The van der Waals surface area contributed by atoms with Crippen LogP contribution < -0.4 is 11.0 Å². The number of hydrogen-bond acceptors (Lipinski definition) is 5. The molecule has 3 rings (SSSR count). The summed E-state index contributed by atoms with van der Waals surface area (Å²) in [4.78, 5) is 17.4. The molecule has 0 amide bonds. The summed E-state index contributed by atoms with van der Waals surface area (Å²) in [7, 11) is 0. The number of aromatic amines is 1. The molecule has 2 aromatic heterocycles. The molecule has 6 heteroatoms. The van der Waals surface area contributed by atoms with Crippen LogP contribution in [-0.2, 0) is 6.54 Å². The first kappa shape index (κ1) is 12.0. The molecule has 0 aliphatic rings. The van der Waals surface area contributed by atoms with E-state index in [1.165, 1.54) is 6.07 Å². The van der Waals surface area contributed by atoms with Crippen LogP contribution in [0.5, 0.6) is 0 Å². The Labute approximate surface area is 113 Å². The molecule has 0 radical (unpaired) electrons. The summed E-state index contributed by atoms with van der Waals surface area (Å²) >= 11 is 0. The van der Waals surface area contributed by atoms with Crippen LogP contribution in [0.1, 0.15) is 11.3 Å². The maximum atomic E-state index is 11.3. The molecule has 0 unspecified atom stereocenters. The van der Waals surface area contributed by atoms with Crippen molar-refractivity contribution in [1.82, 2.24) is 9.97 Å². The average molecular weight is 266 g/mol. The summed E-state index contributed by atoms with van der Waals surface area (Å²) in [6.07, 6.45) is 1.66. The number of nitrogens with zero attached hydrogens (tertiary/aromatic N) is 2. The highest BCUT2D eigenvalue weighted by Crippen LogP contribution is 2.21. The molecule has 0 atom stereocenters. The monoisotopic (exact) mass is 266 g/mol. The van der Waals surface area contributed by atoms with Crippen molar-refractivity contribution in [2.45, 2.75) is 6.54 Å². The van der Waals surface area contributed by atoms with Crippen LogP contribution in [0.3, 0.4) is 0 Å². The van der Waals surface area contributed by atoms with E-state index < -0.39 is 5.69 Å². The van der Waals surface area contributed by atoms with Crippen molar-refractivity contribution >= 4 is 16.8 Å². The molecule has 1 aromatic carbocycles. The number of hydrogen-bond donors (Lipinski definition) is 2. The normalized spacial score (nSPS) is 10.3. The third kappa shape index (κ3) is 2.24. The number of benzene rings is 1. The first-order valence-electron chi connectivity index (χ1n) is 5.97. The highest BCUT2D eigenvalue weighted by atomic mass is 16.3. The number of furan rings is 1. The van der Waals surface area contributed by atoms with E-state index in [-0.39, 0.29) is 5.69 Å². The minimum Gasteiger partial charge on any atom is -0.464 e. The first-order chi connectivity index (χ1) is 9.76. The SMILES string of the molecule is N#Cc1cc(NCc2coc3ccccc23)nc(=O)[nH]1. The Balaban J connectivity index is 1.85. The zero-order valence-corrected chi connectivity index (χ0v) is 10.4. The molecule has 98 valence electrons. The lowest BCUT2D eigenvalue weighted by Gasteiger charge is -2.03. The molecular formula is C14H10N4O2. The van der Waals surface area contributed by atoms with E-state index in [1.54, 1.807) is 6.26 Å². The molecule has 0 bridgehead atoms. The van der Waals surface area contributed by atoms with Gasteiger partial charge in [-0.15, -0.1) is 0 Å². The van der Waals surface area contributed by atoms with Crippen LogP contribution in [0.15, 0.2) is 45.8 Å². The average Bonchev–Trinajstić information content (AvgIpc) is 2.88. The number of fused-ring (bicyclic) bond motifs is 1. The molecule has 2 N–H and O–H groups in total. The second-order valence-corrected chi connectivity index (χ2v) is 4.21. The second kappa shape index (κ2) is 4.90. The van der Waals surface area contributed by atoms with E-state index in [1.807, 2.05) is 30.3 Å². The Kier molecular flexibility index (Phi) is 2.94. The van der Waals surface area contributed by atoms with Gasteiger partial charge in [0.25, 0.3) is 0 Å². The van der Waals surface area contributed by atoms with Crippen molar-refractivity contribution in [3.05, 3.63) is 58.3 Å². The predicted molar refractivity (Wildman–Crippen MR) is 73.1 cm³/mol. The van der Waals surface area contributed by atoms with Gasteiger partial charge in [0, 0.05) is 23.6 Å². The number of para-hydroxylation sites is 1. The molecule has 0 fully saturated rings. The van der Waals surface area contributed by atoms with Gasteiger partial charge in [0.05, 0.1) is 6.26 Å². The zero-order chi connectivity index (χ0) is 13.9. The fourth-order valence-corrected chi connectivity index (χ4v) is 1.96. The molecule has 3 aromatic rings. The van der Waals surface area contributed by atoms with Gasteiger partial charge in [0.2, 0.25) is 0 Å². The van der Waals surface area contributed by atoms with Crippen LogP contribution in [0, 0.1) is 11.3 Å². The summed E-state index contributed by atoms with van der Waals surface area (Å²) < 4.78 is 5.43. The highest BCUT2D eigenvalue weighted by Gasteiger charge is 2.06. The molecule has 0 saturated carbocycles. The summed E-state index contributed by atoms with van der Waals surface area (Å²) in [6.45, 7) is 0.457. The van der Waals surface area contributed by atoms with Crippen LogP contribution in [0.25, 0.3) is 11.0 Å².